The highest BCUT2D eigenvalue weighted by Gasteiger charge is 2.52. The third-order valence-electron chi connectivity index (χ3n) is 8.34. The van der Waals surface area contributed by atoms with Crippen molar-refractivity contribution in [2.45, 2.75) is 137 Å². The fourth-order valence-corrected chi connectivity index (χ4v) is 5.45. The average Bonchev–Trinajstić information content (AvgIpc) is 3.05. The number of esters is 1. The second kappa shape index (κ2) is 19.1. The molecule has 0 saturated carbocycles. The van der Waals surface area contributed by atoms with Crippen molar-refractivity contribution in [3.63, 3.8) is 0 Å². The first kappa shape index (κ1) is 39.3. The van der Waals surface area contributed by atoms with E-state index in [2.05, 4.69) is 4.74 Å². The minimum atomic E-state index is -1.84. The lowest BCUT2D eigenvalue weighted by atomic mass is 9.96. The molecule has 0 amide bonds. The van der Waals surface area contributed by atoms with Crippen LogP contribution in [0.4, 0.5) is 0 Å². The summed E-state index contributed by atoms with van der Waals surface area (Å²) in [5.41, 5.74) is 0. The predicted molar refractivity (Wildman–Crippen MR) is 149 cm³/mol. The van der Waals surface area contributed by atoms with E-state index in [1.165, 1.54) is 7.11 Å². The van der Waals surface area contributed by atoms with Crippen molar-refractivity contribution in [1.82, 2.24) is 0 Å². The molecular formula is C28H50O18. The number of methoxy groups -OCH3 is 1. The standard InChI is InChI=1S/C28H50O18/c1-40-16(31)8-6-4-2-3-5-7-9-41-27-24(39)25(46-28-23(38)21(36)18(33)14(11-30)44-28)19(34)15(45-27)12-42-26-22(37)20(35)17(32)13(10-29)43-26/h13-15,17-30,32-39H,2-12H2,1H3/t13-,14-,15-,17-,18-,19-,20+,21+,22+,23+,24+,25+,26+,27-,28-/m1/s1. The minimum Gasteiger partial charge on any atom is -0.469 e. The highest BCUT2D eigenvalue weighted by atomic mass is 16.7. The zero-order valence-electron chi connectivity index (χ0n) is 25.7. The normalized spacial score (nSPS) is 41.8. The Hall–Kier alpha value is -1.17. The molecule has 10 N–H and O–H groups in total. The third kappa shape index (κ3) is 10.2. The van der Waals surface area contributed by atoms with Gasteiger partial charge in [0.1, 0.15) is 73.2 Å². The van der Waals surface area contributed by atoms with E-state index in [-0.39, 0.29) is 12.6 Å². The van der Waals surface area contributed by atoms with Gasteiger partial charge in [-0.15, -0.1) is 0 Å². The topological polar surface area (TPSA) is 284 Å². The number of ether oxygens (including phenoxy) is 7. The second-order valence-corrected chi connectivity index (χ2v) is 11.7. The van der Waals surface area contributed by atoms with E-state index in [9.17, 15) is 55.9 Å². The summed E-state index contributed by atoms with van der Waals surface area (Å²) in [5, 5.41) is 102. The fourth-order valence-electron chi connectivity index (χ4n) is 5.45. The predicted octanol–water partition coefficient (Wildman–Crippen LogP) is -4.64. The van der Waals surface area contributed by atoms with E-state index in [4.69, 9.17) is 28.4 Å². The van der Waals surface area contributed by atoms with Crippen LogP contribution in [0.25, 0.3) is 0 Å². The summed E-state index contributed by atoms with van der Waals surface area (Å²) in [7, 11) is 1.34. The number of carbonyl (C=O) groups is 1. The molecule has 0 aliphatic carbocycles. The molecule has 3 saturated heterocycles. The van der Waals surface area contributed by atoms with Gasteiger partial charge in [-0.25, -0.2) is 0 Å². The molecule has 15 atom stereocenters. The first-order chi connectivity index (χ1) is 21.9. The van der Waals surface area contributed by atoms with Crippen molar-refractivity contribution in [3.05, 3.63) is 0 Å². The highest BCUT2D eigenvalue weighted by molar-refractivity contribution is 5.68. The SMILES string of the molecule is COC(=O)CCCCCCCCO[C@@H]1O[C@H](CO[C@H]2O[C@H](CO)[C@@H](O)[C@H](O)[C@@H]2O)[C@@H](O)[C@H](O[C@H]2O[C@H](CO)[C@@H](O)[C@H](O)[C@@H]2O)[C@@H]1O. The minimum absolute atomic E-state index is 0.118. The van der Waals surface area contributed by atoms with Gasteiger partial charge < -0.3 is 84.2 Å². The molecule has 0 radical (unpaired) electrons. The fraction of sp³-hybridized carbons (Fsp3) is 0.964. The Morgan fingerprint density at radius 2 is 1.07 bits per heavy atom. The number of aliphatic hydroxyl groups is 10. The van der Waals surface area contributed by atoms with Gasteiger partial charge >= 0.3 is 5.97 Å². The van der Waals surface area contributed by atoms with Crippen molar-refractivity contribution in [1.29, 1.82) is 0 Å². The van der Waals surface area contributed by atoms with Crippen LogP contribution in [0.5, 0.6) is 0 Å². The zero-order valence-corrected chi connectivity index (χ0v) is 25.7. The van der Waals surface area contributed by atoms with Crippen LogP contribution in [0.1, 0.15) is 44.9 Å². The number of hydrogen-bond acceptors (Lipinski definition) is 18. The van der Waals surface area contributed by atoms with Gasteiger partial charge in [-0.2, -0.15) is 0 Å². The Morgan fingerprint density at radius 3 is 1.65 bits per heavy atom. The molecule has 0 aromatic carbocycles. The van der Waals surface area contributed by atoms with E-state index < -0.39 is 112 Å². The maximum absolute atomic E-state index is 11.2. The van der Waals surface area contributed by atoms with Crippen LogP contribution in [0.3, 0.4) is 0 Å². The van der Waals surface area contributed by atoms with Crippen LogP contribution in [0, 0.1) is 0 Å². The van der Waals surface area contributed by atoms with Crippen molar-refractivity contribution in [2.24, 2.45) is 0 Å². The first-order valence-corrected chi connectivity index (χ1v) is 15.5. The molecule has 18 heteroatoms. The Labute approximate surface area is 265 Å². The maximum atomic E-state index is 11.2. The van der Waals surface area contributed by atoms with Crippen LogP contribution >= 0.6 is 0 Å². The average molecular weight is 675 g/mol. The Bertz CT molecular complexity index is 879. The van der Waals surface area contributed by atoms with Gasteiger partial charge in [0, 0.05) is 13.0 Å². The van der Waals surface area contributed by atoms with Crippen LogP contribution < -0.4 is 0 Å². The molecule has 18 nitrogen and oxygen atoms in total. The molecule has 3 rings (SSSR count). The van der Waals surface area contributed by atoms with E-state index >= 15 is 0 Å². The lowest BCUT2D eigenvalue weighted by molar-refractivity contribution is -0.366. The number of hydrogen-bond donors (Lipinski definition) is 10. The van der Waals surface area contributed by atoms with E-state index in [1.807, 2.05) is 0 Å². The molecule has 3 fully saturated rings. The lowest BCUT2D eigenvalue weighted by Gasteiger charge is -2.46. The van der Waals surface area contributed by atoms with Gasteiger partial charge in [0.15, 0.2) is 18.9 Å². The molecule has 0 spiro atoms. The summed E-state index contributed by atoms with van der Waals surface area (Å²) in [5.74, 6) is -0.254. The van der Waals surface area contributed by atoms with E-state index in [0.717, 1.165) is 32.1 Å². The van der Waals surface area contributed by atoms with E-state index in [1.54, 1.807) is 0 Å². The van der Waals surface area contributed by atoms with E-state index in [0.29, 0.717) is 12.8 Å². The van der Waals surface area contributed by atoms with Gasteiger partial charge in [-0.05, 0) is 12.8 Å². The molecule has 3 aliphatic heterocycles. The highest BCUT2D eigenvalue weighted by Crippen LogP contribution is 2.31. The zero-order chi connectivity index (χ0) is 34.0. The molecule has 3 aliphatic rings. The number of aliphatic hydroxyl groups excluding tert-OH is 10. The van der Waals surface area contributed by atoms with Gasteiger partial charge in [0.2, 0.25) is 0 Å². The smallest absolute Gasteiger partial charge is 0.305 e. The van der Waals surface area contributed by atoms with Gasteiger partial charge in [0.25, 0.3) is 0 Å². The molecular weight excluding hydrogens is 624 g/mol. The summed E-state index contributed by atoms with van der Waals surface area (Å²) < 4.78 is 38.0. The molecule has 3 heterocycles. The summed E-state index contributed by atoms with van der Waals surface area (Å²) in [6.07, 6.45) is -19.0. The second-order valence-electron chi connectivity index (χ2n) is 11.7. The summed E-state index contributed by atoms with van der Waals surface area (Å²) in [6.45, 7) is -1.86. The Kier molecular flexibility index (Phi) is 16.3. The van der Waals surface area contributed by atoms with Crippen molar-refractivity contribution < 1.29 is 89.0 Å². The molecule has 0 aromatic heterocycles. The molecule has 0 bridgehead atoms. The van der Waals surface area contributed by atoms with Crippen molar-refractivity contribution >= 4 is 5.97 Å². The summed E-state index contributed by atoms with van der Waals surface area (Å²) in [4.78, 5) is 11.2. The number of carbonyl (C=O) groups excluding carboxylic acids is 1. The van der Waals surface area contributed by atoms with Crippen LogP contribution in [-0.4, -0.2) is 183 Å². The Morgan fingerprint density at radius 1 is 0.565 bits per heavy atom. The number of rotatable bonds is 17. The molecule has 0 unspecified atom stereocenters. The van der Waals surface area contributed by atoms with Crippen LogP contribution in [0.2, 0.25) is 0 Å². The first-order valence-electron chi connectivity index (χ1n) is 15.5. The van der Waals surface area contributed by atoms with Gasteiger partial charge in [0.05, 0.1) is 26.9 Å². The molecule has 270 valence electrons. The van der Waals surface area contributed by atoms with Crippen molar-refractivity contribution in [2.75, 3.05) is 33.5 Å². The quantitative estimate of drug-likeness (QED) is 0.0513. The van der Waals surface area contributed by atoms with Gasteiger partial charge in [-0.1, -0.05) is 25.7 Å². The number of unbranched alkanes of at least 4 members (excludes halogenated alkanes) is 5. The Balaban J connectivity index is 1.62. The summed E-state index contributed by atoms with van der Waals surface area (Å²) >= 11 is 0. The largest absolute Gasteiger partial charge is 0.469 e. The van der Waals surface area contributed by atoms with Crippen molar-refractivity contribution in [3.8, 4) is 0 Å². The third-order valence-corrected chi connectivity index (χ3v) is 8.34. The molecule has 0 aromatic rings. The maximum Gasteiger partial charge on any atom is 0.305 e. The van der Waals surface area contributed by atoms with Gasteiger partial charge in [-0.3, -0.25) is 4.79 Å². The lowest BCUT2D eigenvalue weighted by Crippen LogP contribution is -2.65. The monoisotopic (exact) mass is 674 g/mol. The van der Waals surface area contributed by atoms with Crippen LogP contribution in [0.15, 0.2) is 0 Å². The molecule has 46 heavy (non-hydrogen) atoms. The van der Waals surface area contributed by atoms with Crippen LogP contribution in [-0.2, 0) is 38.0 Å². The summed E-state index contributed by atoms with van der Waals surface area (Å²) in [6, 6.07) is 0.